The lowest BCUT2D eigenvalue weighted by atomic mass is 10.0. The van der Waals surface area contributed by atoms with Gasteiger partial charge in [0.2, 0.25) is 0 Å². The highest BCUT2D eigenvalue weighted by Crippen LogP contribution is 2.28. The fourth-order valence-corrected chi connectivity index (χ4v) is 3.23. The number of thiocarbonyl (C=S) groups is 1. The molecule has 3 rings (SSSR count). The van der Waals surface area contributed by atoms with E-state index in [1.54, 1.807) is 30.3 Å². The van der Waals surface area contributed by atoms with Crippen molar-refractivity contribution in [3.63, 3.8) is 0 Å². The van der Waals surface area contributed by atoms with Gasteiger partial charge in [0, 0.05) is 5.56 Å². The van der Waals surface area contributed by atoms with Crippen LogP contribution >= 0.6 is 12.2 Å². The molecule has 1 aliphatic rings. The van der Waals surface area contributed by atoms with E-state index in [2.05, 4.69) is 5.32 Å². The third-order valence-electron chi connectivity index (χ3n) is 4.79. The Labute approximate surface area is 179 Å². The number of hydrogen-bond acceptors (Lipinski definition) is 5. The Hall–Kier alpha value is -3.52. The summed E-state index contributed by atoms with van der Waals surface area (Å²) < 4.78 is 5.46. The van der Waals surface area contributed by atoms with Crippen LogP contribution in [0.25, 0.3) is 6.08 Å². The molecule has 1 fully saturated rings. The summed E-state index contributed by atoms with van der Waals surface area (Å²) in [6.45, 7) is 5.19. The molecular formula is C22H20N2O5S. The van der Waals surface area contributed by atoms with E-state index in [-0.39, 0.29) is 16.4 Å². The first-order chi connectivity index (χ1) is 14.2. The molecule has 0 saturated carbocycles. The van der Waals surface area contributed by atoms with Gasteiger partial charge < -0.3 is 9.84 Å². The van der Waals surface area contributed by atoms with E-state index in [0.717, 1.165) is 11.1 Å². The Morgan fingerprint density at radius 1 is 1.17 bits per heavy atom. The lowest BCUT2D eigenvalue weighted by molar-refractivity contribution is -0.144. The maximum Gasteiger partial charge on any atom is 0.344 e. The third-order valence-corrected chi connectivity index (χ3v) is 5.07. The molecule has 0 aliphatic carbocycles. The fourth-order valence-electron chi connectivity index (χ4n) is 2.96. The average molecular weight is 424 g/mol. The van der Waals surface area contributed by atoms with Crippen molar-refractivity contribution in [1.29, 1.82) is 0 Å². The van der Waals surface area contributed by atoms with Crippen molar-refractivity contribution in [2.75, 3.05) is 4.90 Å². The SMILES string of the molecule is Cc1cccc(N2C(=O)/C(=C/c3ccccc3O[C@H](C)C(=O)O)C(=O)NC2=S)c1C. The quantitative estimate of drug-likeness (QED) is 0.435. The summed E-state index contributed by atoms with van der Waals surface area (Å²) in [6, 6.07) is 12.1. The van der Waals surface area contributed by atoms with Crippen LogP contribution in [0.5, 0.6) is 5.75 Å². The smallest absolute Gasteiger partial charge is 0.344 e. The molecule has 7 nitrogen and oxygen atoms in total. The van der Waals surface area contributed by atoms with Gasteiger partial charge >= 0.3 is 5.97 Å². The van der Waals surface area contributed by atoms with Gasteiger partial charge in [-0.05, 0) is 62.3 Å². The fraction of sp³-hybridized carbons (Fsp3) is 0.182. The highest BCUT2D eigenvalue weighted by atomic mass is 32.1. The molecule has 8 heteroatoms. The number of nitrogens with zero attached hydrogens (tertiary/aromatic N) is 1. The number of anilines is 1. The number of carbonyl (C=O) groups is 3. The number of carboxylic acids is 1. The molecule has 2 amide bonds. The highest BCUT2D eigenvalue weighted by Gasteiger charge is 2.35. The number of para-hydroxylation sites is 1. The number of rotatable bonds is 5. The molecule has 1 atom stereocenters. The topological polar surface area (TPSA) is 95.9 Å². The molecule has 0 radical (unpaired) electrons. The van der Waals surface area contributed by atoms with Gasteiger partial charge in [0.05, 0.1) is 5.69 Å². The second kappa shape index (κ2) is 8.46. The number of aryl methyl sites for hydroxylation is 1. The standard InChI is InChI=1S/C22H20N2O5S/c1-12-7-6-9-17(13(12)2)24-20(26)16(19(25)23-22(24)30)11-15-8-4-5-10-18(15)29-14(3)21(27)28/h4-11,14H,1-3H3,(H,27,28)(H,23,25,30)/b16-11+/t14-/m1/s1. The summed E-state index contributed by atoms with van der Waals surface area (Å²) in [4.78, 5) is 38.2. The van der Waals surface area contributed by atoms with E-state index in [0.29, 0.717) is 11.3 Å². The van der Waals surface area contributed by atoms with Crippen molar-refractivity contribution < 1.29 is 24.2 Å². The molecule has 1 heterocycles. The van der Waals surface area contributed by atoms with Crippen LogP contribution in [0.3, 0.4) is 0 Å². The van der Waals surface area contributed by atoms with E-state index in [9.17, 15) is 14.4 Å². The Balaban J connectivity index is 2.04. The number of carboxylic acid groups (broad SMARTS) is 1. The summed E-state index contributed by atoms with van der Waals surface area (Å²) in [7, 11) is 0. The summed E-state index contributed by atoms with van der Waals surface area (Å²) in [5, 5.41) is 11.6. The molecule has 2 aromatic rings. The first-order valence-corrected chi connectivity index (χ1v) is 9.57. The monoisotopic (exact) mass is 424 g/mol. The molecule has 0 bridgehead atoms. The lowest BCUT2D eigenvalue weighted by Crippen LogP contribution is -2.54. The third kappa shape index (κ3) is 4.08. The van der Waals surface area contributed by atoms with Crippen molar-refractivity contribution >= 4 is 46.9 Å². The molecule has 2 aromatic carbocycles. The number of amides is 2. The van der Waals surface area contributed by atoms with E-state index in [1.165, 1.54) is 17.9 Å². The van der Waals surface area contributed by atoms with Gasteiger partial charge in [-0.25, -0.2) is 4.79 Å². The minimum absolute atomic E-state index is 0.000107. The van der Waals surface area contributed by atoms with Crippen LogP contribution in [0.2, 0.25) is 0 Å². The molecule has 0 spiro atoms. The Bertz CT molecular complexity index is 1090. The van der Waals surface area contributed by atoms with Crippen LogP contribution in [0.15, 0.2) is 48.0 Å². The van der Waals surface area contributed by atoms with Crippen LogP contribution in [0.4, 0.5) is 5.69 Å². The predicted octanol–water partition coefficient (Wildman–Crippen LogP) is 2.99. The van der Waals surface area contributed by atoms with Gasteiger partial charge in [0.15, 0.2) is 11.2 Å². The Morgan fingerprint density at radius 3 is 2.57 bits per heavy atom. The van der Waals surface area contributed by atoms with Crippen LogP contribution in [-0.2, 0) is 14.4 Å². The molecule has 2 N–H and O–H groups in total. The Kier molecular flexibility index (Phi) is 5.98. The van der Waals surface area contributed by atoms with Crippen molar-refractivity contribution in [2.45, 2.75) is 26.9 Å². The highest BCUT2D eigenvalue weighted by molar-refractivity contribution is 7.80. The number of benzene rings is 2. The zero-order chi connectivity index (χ0) is 22.0. The van der Waals surface area contributed by atoms with Crippen molar-refractivity contribution in [2.24, 2.45) is 0 Å². The van der Waals surface area contributed by atoms with E-state index < -0.39 is 23.9 Å². The normalized spacial score (nSPS) is 16.4. The first-order valence-electron chi connectivity index (χ1n) is 9.17. The summed E-state index contributed by atoms with van der Waals surface area (Å²) >= 11 is 5.25. The molecule has 1 saturated heterocycles. The summed E-state index contributed by atoms with van der Waals surface area (Å²) in [5.41, 5.74) is 2.69. The van der Waals surface area contributed by atoms with Crippen molar-refractivity contribution in [3.05, 3.63) is 64.7 Å². The second-order valence-electron chi connectivity index (χ2n) is 6.81. The number of nitrogens with one attached hydrogen (secondary N) is 1. The summed E-state index contributed by atoms with van der Waals surface area (Å²) in [6.07, 6.45) is 0.279. The van der Waals surface area contributed by atoms with Gasteiger partial charge in [-0.3, -0.25) is 19.8 Å². The second-order valence-corrected chi connectivity index (χ2v) is 7.20. The molecule has 0 aromatic heterocycles. The van der Waals surface area contributed by atoms with Crippen molar-refractivity contribution in [1.82, 2.24) is 5.32 Å². The number of carbonyl (C=O) groups excluding carboxylic acids is 2. The molecule has 30 heavy (non-hydrogen) atoms. The zero-order valence-corrected chi connectivity index (χ0v) is 17.4. The minimum atomic E-state index is -1.13. The van der Waals surface area contributed by atoms with Crippen molar-refractivity contribution in [3.8, 4) is 5.75 Å². The Morgan fingerprint density at radius 2 is 1.87 bits per heavy atom. The van der Waals surface area contributed by atoms with Crippen LogP contribution in [0.1, 0.15) is 23.6 Å². The largest absolute Gasteiger partial charge is 0.479 e. The molecule has 1 aliphatic heterocycles. The average Bonchev–Trinajstić information content (AvgIpc) is 2.69. The molecule has 154 valence electrons. The molecule has 0 unspecified atom stereocenters. The van der Waals surface area contributed by atoms with Gasteiger partial charge in [-0.15, -0.1) is 0 Å². The number of aliphatic carboxylic acids is 1. The summed E-state index contributed by atoms with van der Waals surface area (Å²) in [5.74, 6) is -2.09. The predicted molar refractivity (Wildman–Crippen MR) is 116 cm³/mol. The first kappa shape index (κ1) is 21.2. The van der Waals surface area contributed by atoms with Crippen LogP contribution in [-0.4, -0.2) is 34.1 Å². The van der Waals surface area contributed by atoms with Crippen LogP contribution < -0.4 is 15.0 Å². The van der Waals surface area contributed by atoms with E-state index >= 15 is 0 Å². The molecular weight excluding hydrogens is 404 g/mol. The van der Waals surface area contributed by atoms with E-state index in [4.69, 9.17) is 22.1 Å². The van der Waals surface area contributed by atoms with E-state index in [1.807, 2.05) is 26.0 Å². The maximum absolute atomic E-state index is 13.2. The number of ether oxygens (including phenoxy) is 1. The van der Waals surface area contributed by atoms with Gasteiger partial charge in [0.25, 0.3) is 11.8 Å². The zero-order valence-electron chi connectivity index (χ0n) is 16.6. The minimum Gasteiger partial charge on any atom is -0.479 e. The van der Waals surface area contributed by atoms with Crippen LogP contribution in [0, 0.1) is 13.8 Å². The lowest BCUT2D eigenvalue weighted by Gasteiger charge is -2.30. The van der Waals surface area contributed by atoms with Gasteiger partial charge in [0.1, 0.15) is 11.3 Å². The van der Waals surface area contributed by atoms with Gasteiger partial charge in [-0.1, -0.05) is 30.3 Å². The number of hydrogen-bond donors (Lipinski definition) is 2. The maximum atomic E-state index is 13.2. The van der Waals surface area contributed by atoms with Gasteiger partial charge in [-0.2, -0.15) is 0 Å².